The van der Waals surface area contributed by atoms with Crippen molar-refractivity contribution < 1.29 is 9.53 Å². The molecule has 0 aliphatic carbocycles. The first kappa shape index (κ1) is 16.9. The van der Waals surface area contributed by atoms with E-state index in [1.807, 2.05) is 48.5 Å². The van der Waals surface area contributed by atoms with Gasteiger partial charge in [0.25, 0.3) is 5.91 Å². The van der Waals surface area contributed by atoms with Crippen LogP contribution in [0.2, 0.25) is 0 Å². The van der Waals surface area contributed by atoms with Crippen LogP contribution in [0.15, 0.2) is 64.2 Å². The Morgan fingerprint density at radius 1 is 1.20 bits per heavy atom. The first-order valence-electron chi connectivity index (χ1n) is 7.44. The van der Waals surface area contributed by atoms with Crippen LogP contribution in [0.3, 0.4) is 0 Å². The molecule has 6 nitrogen and oxygen atoms in total. The molecule has 0 unspecified atom stereocenters. The van der Waals surface area contributed by atoms with Gasteiger partial charge in [-0.25, -0.2) is 5.43 Å². The number of amides is 1. The molecule has 7 heteroatoms. The summed E-state index contributed by atoms with van der Waals surface area (Å²) >= 11 is 3.36. The van der Waals surface area contributed by atoms with Crippen LogP contribution in [-0.4, -0.2) is 29.4 Å². The second-order valence-corrected chi connectivity index (χ2v) is 6.06. The van der Waals surface area contributed by atoms with E-state index < -0.39 is 0 Å². The Hall–Kier alpha value is -2.93. The highest BCUT2D eigenvalue weighted by Gasteiger charge is 2.10. The molecule has 0 fully saturated rings. The van der Waals surface area contributed by atoms with E-state index in [2.05, 4.69) is 36.7 Å². The first-order chi connectivity index (χ1) is 12.2. The molecular formula is C18H15BrN4O2. The molecule has 2 N–H and O–H groups in total. The van der Waals surface area contributed by atoms with Crippen molar-refractivity contribution in [2.24, 2.45) is 5.10 Å². The number of H-pyrrole nitrogens is 1. The number of aromatic nitrogens is 2. The van der Waals surface area contributed by atoms with E-state index in [0.29, 0.717) is 11.4 Å². The molecule has 126 valence electrons. The van der Waals surface area contributed by atoms with E-state index in [1.165, 1.54) is 0 Å². The van der Waals surface area contributed by atoms with Crippen LogP contribution in [0.25, 0.3) is 11.3 Å². The fourth-order valence-electron chi connectivity index (χ4n) is 2.12. The normalized spacial score (nSPS) is 10.8. The predicted molar refractivity (Wildman–Crippen MR) is 99.8 cm³/mol. The Bertz CT molecular complexity index is 886. The third-order valence-corrected chi connectivity index (χ3v) is 3.99. The lowest BCUT2D eigenvalue weighted by Gasteiger charge is -2.00. The molecule has 0 spiro atoms. The average molecular weight is 399 g/mol. The Kier molecular flexibility index (Phi) is 5.25. The number of aromatic amines is 1. The van der Waals surface area contributed by atoms with E-state index in [4.69, 9.17) is 4.74 Å². The second kappa shape index (κ2) is 7.76. The molecule has 1 amide bonds. The molecule has 1 heterocycles. The number of carbonyl (C=O) groups excluding carboxylic acids is 1. The van der Waals surface area contributed by atoms with Crippen LogP contribution in [0, 0.1) is 0 Å². The van der Waals surface area contributed by atoms with Gasteiger partial charge in [-0.2, -0.15) is 10.2 Å². The predicted octanol–water partition coefficient (Wildman–Crippen LogP) is 3.61. The minimum Gasteiger partial charge on any atom is -0.497 e. The minimum absolute atomic E-state index is 0.332. The summed E-state index contributed by atoms with van der Waals surface area (Å²) in [6.07, 6.45) is 1.57. The average Bonchev–Trinajstić information content (AvgIpc) is 3.13. The lowest BCUT2D eigenvalue weighted by molar-refractivity contribution is 0.0950. The number of carbonyl (C=O) groups is 1. The van der Waals surface area contributed by atoms with Crippen molar-refractivity contribution in [3.05, 3.63) is 70.3 Å². The molecule has 0 radical (unpaired) electrons. The zero-order chi connectivity index (χ0) is 17.6. The van der Waals surface area contributed by atoms with Crippen molar-refractivity contribution >= 4 is 28.1 Å². The van der Waals surface area contributed by atoms with Crippen LogP contribution in [0.4, 0.5) is 0 Å². The number of ether oxygens (including phenoxy) is 1. The molecule has 0 aliphatic rings. The van der Waals surface area contributed by atoms with Gasteiger partial charge < -0.3 is 4.74 Å². The van der Waals surface area contributed by atoms with Gasteiger partial charge in [0.1, 0.15) is 11.4 Å². The molecule has 3 aromatic rings. The summed E-state index contributed by atoms with van der Waals surface area (Å²) < 4.78 is 6.11. The fourth-order valence-corrected chi connectivity index (χ4v) is 2.39. The van der Waals surface area contributed by atoms with Gasteiger partial charge in [-0.15, -0.1) is 0 Å². The third kappa shape index (κ3) is 4.33. The number of nitrogens with zero attached hydrogens (tertiary/aromatic N) is 2. The molecule has 0 aliphatic heterocycles. The Labute approximate surface area is 153 Å². The number of hydrogen-bond donors (Lipinski definition) is 2. The summed E-state index contributed by atoms with van der Waals surface area (Å²) in [6, 6.07) is 16.7. The van der Waals surface area contributed by atoms with Crippen LogP contribution >= 0.6 is 15.9 Å². The summed E-state index contributed by atoms with van der Waals surface area (Å²) in [5, 5.41) is 10.8. The second-order valence-electron chi connectivity index (χ2n) is 5.15. The van der Waals surface area contributed by atoms with E-state index in [9.17, 15) is 4.79 Å². The highest BCUT2D eigenvalue weighted by Crippen LogP contribution is 2.21. The number of nitrogens with one attached hydrogen (secondary N) is 2. The standard InChI is InChI=1S/C18H15BrN4O2/c1-25-15-8-4-13(5-9-15)16-10-17(22-21-16)18(24)23-20-11-12-2-6-14(19)7-3-12/h2-11H,1H3,(H,21,22)(H,23,24)/b20-11+. The van der Waals surface area contributed by atoms with Gasteiger partial charge >= 0.3 is 0 Å². The van der Waals surface area contributed by atoms with E-state index in [-0.39, 0.29) is 5.91 Å². The minimum atomic E-state index is -0.361. The molecule has 1 aromatic heterocycles. The van der Waals surface area contributed by atoms with E-state index in [1.54, 1.807) is 19.4 Å². The Morgan fingerprint density at radius 3 is 2.60 bits per heavy atom. The largest absolute Gasteiger partial charge is 0.497 e. The summed E-state index contributed by atoms with van der Waals surface area (Å²) in [4.78, 5) is 12.1. The van der Waals surface area contributed by atoms with Gasteiger partial charge in [0.15, 0.2) is 0 Å². The third-order valence-electron chi connectivity index (χ3n) is 3.46. The lowest BCUT2D eigenvalue weighted by Crippen LogP contribution is -2.17. The van der Waals surface area contributed by atoms with Crippen molar-refractivity contribution in [2.75, 3.05) is 7.11 Å². The molecule has 2 aromatic carbocycles. The van der Waals surface area contributed by atoms with Crippen LogP contribution in [0.1, 0.15) is 16.1 Å². The maximum absolute atomic E-state index is 12.1. The van der Waals surface area contributed by atoms with Crippen molar-refractivity contribution in [3.63, 3.8) is 0 Å². The van der Waals surface area contributed by atoms with Gasteiger partial charge in [-0.3, -0.25) is 9.89 Å². The van der Waals surface area contributed by atoms with Gasteiger partial charge in [-0.1, -0.05) is 28.1 Å². The number of hydrazone groups is 1. The van der Waals surface area contributed by atoms with Gasteiger partial charge in [0, 0.05) is 10.0 Å². The molecule has 0 saturated carbocycles. The van der Waals surface area contributed by atoms with Gasteiger partial charge in [0.2, 0.25) is 0 Å². The maximum atomic E-state index is 12.1. The first-order valence-corrected chi connectivity index (χ1v) is 8.24. The van der Waals surface area contributed by atoms with Crippen molar-refractivity contribution in [2.45, 2.75) is 0 Å². The number of rotatable bonds is 5. The number of halogens is 1. The number of benzene rings is 2. The van der Waals surface area contributed by atoms with Crippen LogP contribution < -0.4 is 10.2 Å². The molecule has 0 bridgehead atoms. The Balaban J connectivity index is 1.64. The number of hydrogen-bond acceptors (Lipinski definition) is 4. The molecule has 25 heavy (non-hydrogen) atoms. The lowest BCUT2D eigenvalue weighted by atomic mass is 10.1. The maximum Gasteiger partial charge on any atom is 0.289 e. The highest BCUT2D eigenvalue weighted by molar-refractivity contribution is 9.10. The van der Waals surface area contributed by atoms with Crippen molar-refractivity contribution in [3.8, 4) is 17.0 Å². The molecule has 0 saturated heterocycles. The molecule has 3 rings (SSSR count). The van der Waals surface area contributed by atoms with Gasteiger partial charge in [0.05, 0.1) is 19.0 Å². The fraction of sp³-hybridized carbons (Fsp3) is 0.0556. The summed E-state index contributed by atoms with van der Waals surface area (Å²) in [6.45, 7) is 0. The summed E-state index contributed by atoms with van der Waals surface area (Å²) in [5.41, 5.74) is 5.24. The highest BCUT2D eigenvalue weighted by atomic mass is 79.9. The smallest absolute Gasteiger partial charge is 0.289 e. The topological polar surface area (TPSA) is 79.4 Å². The summed E-state index contributed by atoms with van der Waals surface area (Å²) in [5.74, 6) is 0.403. The molecular weight excluding hydrogens is 384 g/mol. The Morgan fingerprint density at radius 2 is 1.92 bits per heavy atom. The SMILES string of the molecule is COc1ccc(-c2cc(C(=O)N/N=C/c3ccc(Br)cc3)[nH]n2)cc1. The summed E-state index contributed by atoms with van der Waals surface area (Å²) in [7, 11) is 1.61. The molecule has 0 atom stereocenters. The van der Waals surface area contributed by atoms with Crippen molar-refractivity contribution in [1.82, 2.24) is 15.6 Å². The van der Waals surface area contributed by atoms with E-state index >= 15 is 0 Å². The monoisotopic (exact) mass is 398 g/mol. The quantitative estimate of drug-likeness (QED) is 0.508. The van der Waals surface area contributed by atoms with Crippen LogP contribution in [0.5, 0.6) is 5.75 Å². The van der Waals surface area contributed by atoms with Gasteiger partial charge in [-0.05, 0) is 48.0 Å². The zero-order valence-corrected chi connectivity index (χ0v) is 14.9. The van der Waals surface area contributed by atoms with Crippen molar-refractivity contribution in [1.29, 1.82) is 0 Å². The van der Waals surface area contributed by atoms with Crippen LogP contribution in [-0.2, 0) is 0 Å². The van der Waals surface area contributed by atoms with E-state index in [0.717, 1.165) is 21.3 Å². The zero-order valence-electron chi connectivity index (χ0n) is 13.4. The number of methoxy groups -OCH3 is 1.